The number of nitrogens with zero attached hydrogens (tertiary/aromatic N) is 6. The van der Waals surface area contributed by atoms with Crippen LogP contribution in [0.3, 0.4) is 0 Å². The molecule has 0 aliphatic carbocycles. The second-order valence-corrected chi connectivity index (χ2v) is 7.42. The van der Waals surface area contributed by atoms with Gasteiger partial charge < -0.3 is 10.6 Å². The van der Waals surface area contributed by atoms with Gasteiger partial charge in [-0.05, 0) is 34.6 Å². The minimum atomic E-state index is -0.627. The second-order valence-electron chi connectivity index (χ2n) is 7.04. The first kappa shape index (κ1) is 21.6. The zero-order valence-electron chi connectivity index (χ0n) is 17.8. The molecule has 0 spiro atoms. The average molecular weight is 433 g/mol. The van der Waals surface area contributed by atoms with E-state index in [0.29, 0.717) is 34.3 Å². The number of rotatable bonds is 6. The number of carbonyl (C=O) groups is 2. The van der Waals surface area contributed by atoms with Crippen molar-refractivity contribution in [3.05, 3.63) is 40.2 Å². The Morgan fingerprint density at radius 1 is 1.10 bits per heavy atom. The maximum absolute atomic E-state index is 13.0. The van der Waals surface area contributed by atoms with Crippen LogP contribution in [-0.2, 0) is 18.4 Å². The smallest absolute Gasteiger partial charge is 0.276 e. The molecule has 160 valence electrons. The van der Waals surface area contributed by atoms with E-state index in [2.05, 4.69) is 25.9 Å². The quantitative estimate of drug-likeness (QED) is 0.622. The zero-order valence-corrected chi connectivity index (χ0v) is 18.6. The summed E-state index contributed by atoms with van der Waals surface area (Å²) in [5.41, 5.74) is 3.33. The lowest BCUT2D eigenvalue weighted by Gasteiger charge is -2.15. The van der Waals surface area contributed by atoms with E-state index in [0.717, 1.165) is 5.69 Å². The number of amides is 2. The maximum Gasteiger partial charge on any atom is 0.276 e. The summed E-state index contributed by atoms with van der Waals surface area (Å²) in [6.07, 6.45) is 3.04. The molecular weight excluding hydrogens is 408 g/mol. The molecule has 0 aromatic carbocycles. The van der Waals surface area contributed by atoms with Crippen molar-refractivity contribution in [1.29, 1.82) is 0 Å². The third-order valence-corrected chi connectivity index (χ3v) is 5.63. The highest BCUT2D eigenvalue weighted by Gasteiger charge is 2.25. The molecule has 0 bridgehead atoms. The molecule has 30 heavy (non-hydrogen) atoms. The fraction of sp³-hybridized carbons (Fsp3) is 0.421. The molecule has 10 nitrogen and oxygen atoms in total. The van der Waals surface area contributed by atoms with Crippen molar-refractivity contribution < 1.29 is 9.59 Å². The molecule has 0 aliphatic rings. The number of hydrogen-bond acceptors (Lipinski definition) is 5. The van der Waals surface area contributed by atoms with E-state index in [9.17, 15) is 9.59 Å². The van der Waals surface area contributed by atoms with Gasteiger partial charge >= 0.3 is 0 Å². The topological polar surface area (TPSA) is 112 Å². The van der Waals surface area contributed by atoms with Gasteiger partial charge in [0.15, 0.2) is 0 Å². The summed E-state index contributed by atoms with van der Waals surface area (Å²) in [4.78, 5) is 25.8. The van der Waals surface area contributed by atoms with Crippen molar-refractivity contribution in [1.82, 2.24) is 29.3 Å². The highest BCUT2D eigenvalue weighted by atomic mass is 35.5. The number of aromatic nitrogens is 6. The van der Waals surface area contributed by atoms with Crippen LogP contribution >= 0.6 is 11.6 Å². The Labute approximate surface area is 179 Å². The van der Waals surface area contributed by atoms with Crippen molar-refractivity contribution >= 4 is 34.8 Å². The van der Waals surface area contributed by atoms with E-state index in [1.165, 1.54) is 10.9 Å². The van der Waals surface area contributed by atoms with Crippen LogP contribution in [0.4, 0.5) is 11.4 Å². The molecule has 3 heterocycles. The third kappa shape index (κ3) is 3.82. The number of aryl methyl sites for hydroxylation is 3. The molecule has 2 amide bonds. The maximum atomic E-state index is 13.0. The second kappa shape index (κ2) is 8.31. The summed E-state index contributed by atoms with van der Waals surface area (Å²) in [6.45, 7) is 9.48. The molecule has 1 atom stereocenters. The van der Waals surface area contributed by atoms with Gasteiger partial charge in [0.2, 0.25) is 5.91 Å². The first-order chi connectivity index (χ1) is 14.1. The normalized spacial score (nSPS) is 12.1. The predicted octanol–water partition coefficient (Wildman–Crippen LogP) is 2.86. The van der Waals surface area contributed by atoms with Crippen LogP contribution in [0.5, 0.6) is 0 Å². The van der Waals surface area contributed by atoms with E-state index in [1.54, 1.807) is 43.4 Å². The lowest BCUT2D eigenvalue weighted by atomic mass is 10.2. The molecule has 3 aromatic heterocycles. The number of anilines is 2. The number of hydrogen-bond donors (Lipinski definition) is 2. The Balaban J connectivity index is 1.85. The Morgan fingerprint density at radius 2 is 1.77 bits per heavy atom. The van der Waals surface area contributed by atoms with E-state index in [4.69, 9.17) is 11.6 Å². The minimum Gasteiger partial charge on any atom is -0.321 e. The third-order valence-electron chi connectivity index (χ3n) is 5.08. The Kier molecular flexibility index (Phi) is 5.97. The standard InChI is InChI=1S/C19H25ClN8O2/c1-7-27-17(19(30)23-14-8-21-26(6)11(14)3)15(9-22-27)24-18(29)13(5)28-12(4)16(20)10(2)25-28/h8-9,13H,7H2,1-6H3,(H,23,30)(H,24,29). The van der Waals surface area contributed by atoms with Crippen molar-refractivity contribution in [2.45, 2.75) is 47.2 Å². The molecule has 0 saturated carbocycles. The molecular formula is C19H25ClN8O2. The Bertz CT molecular complexity index is 1110. The summed E-state index contributed by atoms with van der Waals surface area (Å²) >= 11 is 6.20. The average Bonchev–Trinajstić information content (AvgIpc) is 3.35. The van der Waals surface area contributed by atoms with Gasteiger partial charge in [0.05, 0.1) is 45.9 Å². The molecule has 0 fully saturated rings. The van der Waals surface area contributed by atoms with E-state index < -0.39 is 6.04 Å². The molecule has 3 aromatic rings. The summed E-state index contributed by atoms with van der Waals surface area (Å²) in [5.74, 6) is -0.720. The predicted molar refractivity (Wildman–Crippen MR) is 114 cm³/mol. The van der Waals surface area contributed by atoms with Gasteiger partial charge in [-0.25, -0.2) is 0 Å². The summed E-state index contributed by atoms with van der Waals surface area (Å²) in [5, 5.41) is 18.8. The highest BCUT2D eigenvalue weighted by molar-refractivity contribution is 6.31. The summed E-state index contributed by atoms with van der Waals surface area (Å²) in [7, 11) is 1.79. The van der Waals surface area contributed by atoms with Crippen molar-refractivity contribution in [2.24, 2.45) is 7.05 Å². The largest absolute Gasteiger partial charge is 0.321 e. The molecule has 1 unspecified atom stereocenters. The lowest BCUT2D eigenvalue weighted by molar-refractivity contribution is -0.119. The van der Waals surface area contributed by atoms with Crippen LogP contribution in [0.2, 0.25) is 5.02 Å². The molecule has 2 N–H and O–H groups in total. The van der Waals surface area contributed by atoms with Crippen molar-refractivity contribution in [3.8, 4) is 0 Å². The van der Waals surface area contributed by atoms with E-state index >= 15 is 0 Å². The van der Waals surface area contributed by atoms with Crippen molar-refractivity contribution in [3.63, 3.8) is 0 Å². The molecule has 0 saturated heterocycles. The number of nitrogens with one attached hydrogen (secondary N) is 2. The van der Waals surface area contributed by atoms with Gasteiger partial charge in [0, 0.05) is 13.6 Å². The van der Waals surface area contributed by atoms with Crippen LogP contribution < -0.4 is 10.6 Å². The van der Waals surface area contributed by atoms with Crippen LogP contribution in [-0.4, -0.2) is 41.2 Å². The fourth-order valence-electron chi connectivity index (χ4n) is 3.13. The first-order valence-corrected chi connectivity index (χ1v) is 9.91. The van der Waals surface area contributed by atoms with Crippen LogP contribution in [0.15, 0.2) is 12.4 Å². The Morgan fingerprint density at radius 3 is 2.30 bits per heavy atom. The summed E-state index contributed by atoms with van der Waals surface area (Å²) < 4.78 is 4.76. The van der Waals surface area contributed by atoms with Gasteiger partial charge in [-0.2, -0.15) is 15.3 Å². The highest BCUT2D eigenvalue weighted by Crippen LogP contribution is 2.24. The lowest BCUT2D eigenvalue weighted by Crippen LogP contribution is -2.27. The molecule has 0 radical (unpaired) electrons. The summed E-state index contributed by atoms with van der Waals surface area (Å²) in [6, 6.07) is -0.627. The fourth-order valence-corrected chi connectivity index (χ4v) is 3.25. The first-order valence-electron chi connectivity index (χ1n) is 9.53. The SMILES string of the molecule is CCn1ncc(NC(=O)C(C)n2nc(C)c(Cl)c2C)c1C(=O)Nc1cnn(C)c1C. The molecule has 0 aliphatic heterocycles. The van der Waals surface area contributed by atoms with Gasteiger partial charge in [0.25, 0.3) is 5.91 Å². The number of halogens is 1. The van der Waals surface area contributed by atoms with E-state index in [-0.39, 0.29) is 17.5 Å². The van der Waals surface area contributed by atoms with Crippen LogP contribution in [0, 0.1) is 20.8 Å². The van der Waals surface area contributed by atoms with Crippen LogP contribution in [0.25, 0.3) is 0 Å². The minimum absolute atomic E-state index is 0.257. The van der Waals surface area contributed by atoms with Crippen LogP contribution in [0.1, 0.15) is 47.5 Å². The van der Waals surface area contributed by atoms with Gasteiger partial charge in [-0.3, -0.25) is 23.6 Å². The van der Waals surface area contributed by atoms with Gasteiger partial charge in [-0.15, -0.1) is 0 Å². The monoisotopic (exact) mass is 432 g/mol. The molecule has 11 heteroatoms. The van der Waals surface area contributed by atoms with Gasteiger partial charge in [-0.1, -0.05) is 11.6 Å². The zero-order chi connectivity index (χ0) is 22.2. The molecule has 3 rings (SSSR count). The Hall–Kier alpha value is -3.14. The van der Waals surface area contributed by atoms with Crippen molar-refractivity contribution in [2.75, 3.05) is 10.6 Å². The van der Waals surface area contributed by atoms with E-state index in [1.807, 2.05) is 13.8 Å². The van der Waals surface area contributed by atoms with Gasteiger partial charge in [0.1, 0.15) is 11.7 Å². The number of carbonyl (C=O) groups excluding carboxylic acids is 2.